The lowest BCUT2D eigenvalue weighted by molar-refractivity contribution is 0.00578. The number of halogens is 3. The number of piperazine rings is 3. The van der Waals surface area contributed by atoms with Crippen LogP contribution in [0.5, 0.6) is 0 Å². The van der Waals surface area contributed by atoms with E-state index in [1.165, 1.54) is 24.5 Å². The van der Waals surface area contributed by atoms with Crippen LogP contribution in [0.3, 0.4) is 0 Å². The normalized spacial score (nSPS) is 20.7. The molecule has 0 aromatic heterocycles. The molecule has 8 nitrogen and oxygen atoms in total. The first-order valence-electron chi connectivity index (χ1n) is 18.1. The number of rotatable bonds is 3. The van der Waals surface area contributed by atoms with E-state index in [4.69, 9.17) is 9.31 Å². The Hall–Kier alpha value is -1.48. The van der Waals surface area contributed by atoms with E-state index in [-0.39, 0.29) is 18.3 Å². The van der Waals surface area contributed by atoms with Crippen LogP contribution in [-0.2, 0) is 9.31 Å². The van der Waals surface area contributed by atoms with Crippen LogP contribution >= 0.6 is 47.8 Å². The highest BCUT2D eigenvalue weighted by Gasteiger charge is 2.51. The van der Waals surface area contributed by atoms with Crippen LogP contribution in [0.15, 0.2) is 86.2 Å². The Morgan fingerprint density at radius 3 is 1.31 bits per heavy atom. The van der Waals surface area contributed by atoms with Gasteiger partial charge in [-0.2, -0.15) is 0 Å². The molecule has 0 atom stereocenters. The Morgan fingerprint density at radius 1 is 0.529 bits per heavy atom. The summed E-state index contributed by atoms with van der Waals surface area (Å²) in [6, 6.07) is 25.1. The average molecular weight is 893 g/mol. The Morgan fingerprint density at radius 2 is 0.922 bits per heavy atom. The van der Waals surface area contributed by atoms with E-state index < -0.39 is 0 Å². The first-order valence-corrected chi connectivity index (χ1v) is 20.5. The molecule has 4 aliphatic heterocycles. The van der Waals surface area contributed by atoms with Crippen LogP contribution in [0.2, 0.25) is 0 Å². The minimum absolute atomic E-state index is 0.280. The van der Waals surface area contributed by atoms with Crippen molar-refractivity contribution >= 4 is 71.7 Å². The van der Waals surface area contributed by atoms with Crippen molar-refractivity contribution in [1.82, 2.24) is 20.0 Å². The molecule has 4 fully saturated rings. The maximum Gasteiger partial charge on any atom is 0.494 e. The second-order valence-electron chi connectivity index (χ2n) is 14.7. The fourth-order valence-electron chi connectivity index (χ4n) is 5.89. The third-order valence-corrected chi connectivity index (χ3v) is 11.5. The van der Waals surface area contributed by atoms with E-state index in [1.807, 2.05) is 24.3 Å². The Labute approximate surface area is 333 Å². The van der Waals surface area contributed by atoms with Crippen LogP contribution < -0.4 is 20.6 Å². The molecule has 0 amide bonds. The summed E-state index contributed by atoms with van der Waals surface area (Å²) >= 11 is 10.2. The quantitative estimate of drug-likeness (QED) is 0.293. The minimum Gasteiger partial charge on any atom is -0.399 e. The van der Waals surface area contributed by atoms with Crippen molar-refractivity contribution in [3.8, 4) is 0 Å². The summed E-state index contributed by atoms with van der Waals surface area (Å²) in [4.78, 5) is 11.9. The Balaban J connectivity index is 0.000000170. The summed E-state index contributed by atoms with van der Waals surface area (Å²) in [7, 11) is 6.23. The molecule has 4 heterocycles. The molecule has 4 saturated heterocycles. The van der Waals surface area contributed by atoms with Crippen molar-refractivity contribution < 1.29 is 9.31 Å². The minimum atomic E-state index is -0.290. The molecule has 4 aliphatic rings. The van der Waals surface area contributed by atoms with Gasteiger partial charge >= 0.3 is 7.12 Å². The average Bonchev–Trinajstić information content (AvgIpc) is 3.32. The molecule has 0 bridgehead atoms. The lowest BCUT2D eigenvalue weighted by Crippen LogP contribution is -2.45. The number of nitrogens with zero attached hydrogens (tertiary/aromatic N) is 5. The second kappa shape index (κ2) is 20.3. The lowest BCUT2D eigenvalue weighted by Gasteiger charge is -2.34. The molecule has 0 saturated carbocycles. The fourth-order valence-corrected chi connectivity index (χ4v) is 7.38. The van der Waals surface area contributed by atoms with Crippen LogP contribution in [0.25, 0.3) is 0 Å². The summed E-state index contributed by atoms with van der Waals surface area (Å²) in [5, 5.41) is 3.27. The molecule has 3 aromatic rings. The SMILES string of the molecule is Brc1cccc(Br)c1.CN1CCN(c2cccc(B3OC(C)(C)C(C)(C)O3)c2)CC1.CN1CCN(c2cccc(Br)c2)CC1.CN1CCNCC1. The van der Waals surface area contributed by atoms with Gasteiger partial charge in [0, 0.05) is 103 Å². The van der Waals surface area contributed by atoms with E-state index >= 15 is 0 Å². The smallest absolute Gasteiger partial charge is 0.399 e. The number of anilines is 2. The van der Waals surface area contributed by atoms with Crippen LogP contribution in [-0.4, -0.2) is 133 Å². The zero-order valence-electron chi connectivity index (χ0n) is 31.7. The highest BCUT2D eigenvalue weighted by Crippen LogP contribution is 2.36. The third-order valence-electron chi connectivity index (χ3n) is 10.1. The largest absolute Gasteiger partial charge is 0.494 e. The molecule has 7 rings (SSSR count). The number of benzene rings is 3. The zero-order chi connectivity index (χ0) is 37.0. The van der Waals surface area contributed by atoms with Crippen molar-refractivity contribution in [3.05, 3.63) is 86.2 Å². The van der Waals surface area contributed by atoms with Gasteiger partial charge < -0.3 is 39.1 Å². The van der Waals surface area contributed by atoms with E-state index in [0.717, 1.165) is 84.3 Å². The maximum atomic E-state index is 6.16. The van der Waals surface area contributed by atoms with Crippen molar-refractivity contribution in [2.24, 2.45) is 0 Å². The molecule has 280 valence electrons. The van der Waals surface area contributed by atoms with E-state index in [1.54, 1.807) is 0 Å². The highest BCUT2D eigenvalue weighted by molar-refractivity contribution is 9.11. The zero-order valence-corrected chi connectivity index (χ0v) is 36.4. The molecular formula is C39H58BBr3N6O2. The predicted molar refractivity (Wildman–Crippen MR) is 228 cm³/mol. The van der Waals surface area contributed by atoms with Crippen molar-refractivity contribution in [3.63, 3.8) is 0 Å². The van der Waals surface area contributed by atoms with Gasteiger partial charge in [0.15, 0.2) is 0 Å². The molecule has 51 heavy (non-hydrogen) atoms. The summed E-state index contributed by atoms with van der Waals surface area (Å²) < 4.78 is 15.7. The van der Waals surface area contributed by atoms with Gasteiger partial charge in [-0.15, -0.1) is 0 Å². The van der Waals surface area contributed by atoms with Gasteiger partial charge in [0.1, 0.15) is 0 Å². The monoisotopic (exact) mass is 890 g/mol. The third kappa shape index (κ3) is 13.7. The summed E-state index contributed by atoms with van der Waals surface area (Å²) in [6.07, 6.45) is 0. The van der Waals surface area contributed by atoms with Gasteiger partial charge in [0.05, 0.1) is 11.2 Å². The number of hydrogen-bond donors (Lipinski definition) is 1. The number of nitrogens with one attached hydrogen (secondary N) is 1. The molecule has 0 unspecified atom stereocenters. The van der Waals surface area contributed by atoms with Crippen LogP contribution in [0.4, 0.5) is 11.4 Å². The van der Waals surface area contributed by atoms with Gasteiger partial charge in [0.2, 0.25) is 0 Å². The van der Waals surface area contributed by atoms with Gasteiger partial charge in [-0.3, -0.25) is 0 Å². The van der Waals surface area contributed by atoms with Crippen molar-refractivity contribution in [2.75, 3.05) is 109 Å². The predicted octanol–water partition coefficient (Wildman–Crippen LogP) is 6.67. The fraction of sp³-hybridized carbons (Fsp3) is 0.538. The highest BCUT2D eigenvalue weighted by atomic mass is 79.9. The summed E-state index contributed by atoms with van der Waals surface area (Å²) in [5.41, 5.74) is 3.12. The lowest BCUT2D eigenvalue weighted by atomic mass is 9.79. The Bertz CT molecular complexity index is 1450. The van der Waals surface area contributed by atoms with Gasteiger partial charge in [-0.05, 0) is 103 Å². The van der Waals surface area contributed by atoms with Gasteiger partial charge in [-0.1, -0.05) is 72.1 Å². The van der Waals surface area contributed by atoms with Crippen LogP contribution in [0, 0.1) is 0 Å². The molecule has 0 radical (unpaired) electrons. The van der Waals surface area contributed by atoms with Crippen molar-refractivity contribution in [2.45, 2.75) is 38.9 Å². The van der Waals surface area contributed by atoms with Gasteiger partial charge in [-0.25, -0.2) is 0 Å². The van der Waals surface area contributed by atoms with E-state index in [0.29, 0.717) is 0 Å². The van der Waals surface area contributed by atoms with Gasteiger partial charge in [0.25, 0.3) is 0 Å². The molecule has 3 aromatic carbocycles. The topological polar surface area (TPSA) is 46.7 Å². The number of hydrogen-bond acceptors (Lipinski definition) is 8. The molecule has 0 aliphatic carbocycles. The van der Waals surface area contributed by atoms with E-state index in [2.05, 4.69) is 175 Å². The molecular weight excluding hydrogens is 835 g/mol. The molecule has 0 spiro atoms. The standard InChI is InChI=1S/C17H27BN2O2.C11H15BrN2.C6H4Br2.C5H12N2/c1-16(2)17(3,4)22-18(21-16)14-7-6-8-15(13-14)20-11-9-19(5)10-12-20;1-13-5-7-14(8-6-13)11-4-2-3-10(12)9-11;7-5-2-1-3-6(8)4-5;1-7-4-2-6-3-5-7/h6-8,13H,9-12H2,1-5H3;2-4,9H,5-8H2,1H3;1-4H;6H,2-5H2,1H3. The molecule has 12 heteroatoms. The number of likely N-dealkylation sites (N-methyl/N-ethyl adjacent to an activating group) is 3. The summed E-state index contributed by atoms with van der Waals surface area (Å²) in [5.74, 6) is 0. The second-order valence-corrected chi connectivity index (χ2v) is 17.5. The summed E-state index contributed by atoms with van der Waals surface area (Å²) in [6.45, 7) is 22.1. The first-order chi connectivity index (χ1) is 24.2. The first kappa shape index (κ1) is 42.3. The van der Waals surface area contributed by atoms with E-state index in [9.17, 15) is 0 Å². The van der Waals surface area contributed by atoms with Crippen molar-refractivity contribution in [1.29, 1.82) is 0 Å². The molecule has 1 N–H and O–H groups in total. The van der Waals surface area contributed by atoms with Crippen LogP contribution in [0.1, 0.15) is 27.7 Å². The maximum absolute atomic E-state index is 6.16. The Kier molecular flexibility index (Phi) is 16.8.